The van der Waals surface area contributed by atoms with Gasteiger partial charge in [0, 0.05) is 0 Å². The van der Waals surface area contributed by atoms with Gasteiger partial charge in [-0.05, 0) is 0 Å². The van der Waals surface area contributed by atoms with Crippen LogP contribution in [0.25, 0.3) is 0 Å². The Balaban J connectivity index is -0.00000000167. The molecule has 0 aliphatic carbocycles. The van der Waals surface area contributed by atoms with E-state index >= 15 is 0 Å². The Bertz CT molecular complexity index is 9.61. The summed E-state index contributed by atoms with van der Waals surface area (Å²) >= 11 is 2.62. The minimum atomic E-state index is 0. The van der Waals surface area contributed by atoms with Crippen LogP contribution in [0.3, 0.4) is 0 Å². The second-order valence-corrected chi connectivity index (χ2v) is 0. The Kier molecular flexibility index (Phi) is 296. The number of rotatable bonds is 0. The first-order chi connectivity index (χ1) is 1.00. The van der Waals surface area contributed by atoms with E-state index < -0.39 is 0 Å². The van der Waals surface area contributed by atoms with E-state index in [2.05, 4.69) is 15.4 Å². The molecule has 0 saturated heterocycles. The van der Waals surface area contributed by atoms with Crippen molar-refractivity contribution < 1.29 is 24.8 Å². The minimum absolute atomic E-state index is 0. The average Bonchev–Trinajstić information content (AvgIpc) is 1.00. The van der Waals surface area contributed by atoms with Crippen LogP contribution in [0.2, 0.25) is 0 Å². The first kappa shape index (κ1) is 31.0. The predicted octanol–water partition coefficient (Wildman–Crippen LogP) is -1.00. The number of hydrogen-bond acceptors (Lipinski definition) is 1. The van der Waals surface area contributed by atoms with Gasteiger partial charge < -0.3 is 5.48 Å². The molecule has 5 heteroatoms. The molecule has 0 aliphatic rings. The molecular weight excluding hydrogens is 142 g/mol. The van der Waals surface area contributed by atoms with Crippen molar-refractivity contribution in [2.24, 2.45) is 0 Å². The fourth-order valence-electron chi connectivity index (χ4n) is 0. The van der Waals surface area contributed by atoms with Gasteiger partial charge in [-0.2, -0.15) is 0 Å². The topological polar surface area (TPSA) is 45.6 Å². The molecule has 0 aromatic carbocycles. The first-order valence-electron chi connectivity index (χ1n) is 0.129. The van der Waals surface area contributed by atoms with Crippen LogP contribution in [0.1, 0.15) is 0 Å². The zero-order chi connectivity index (χ0) is 2.00. The molecule has 2 nitrogen and oxygen atoms in total. The summed E-state index contributed by atoms with van der Waals surface area (Å²) in [6.07, 6.45) is 0. The van der Waals surface area contributed by atoms with Crippen LogP contribution in [0, 0.1) is 0 Å². The van der Waals surface area contributed by atoms with E-state index in [1.807, 2.05) is 0 Å². The third-order valence-electron chi connectivity index (χ3n) is 0. The van der Waals surface area contributed by atoms with Gasteiger partial charge in [-0.15, -0.1) is 0 Å². The van der Waals surface area contributed by atoms with Crippen molar-refractivity contribution in [1.82, 2.24) is 0 Å². The molecule has 0 amide bonds. The predicted molar refractivity (Wildman–Crippen MR) is 12.9 cm³/mol. The second kappa shape index (κ2) is 47.8. The molecule has 0 rings (SSSR count). The van der Waals surface area contributed by atoms with Crippen molar-refractivity contribution in [1.29, 1.82) is 0 Å². The summed E-state index contributed by atoms with van der Waals surface area (Å²) in [5.74, 6) is 0. The molecule has 0 aromatic heterocycles. The van der Waals surface area contributed by atoms with Gasteiger partial charge in [0.1, 0.15) is 0 Å². The summed E-state index contributed by atoms with van der Waals surface area (Å²) in [6, 6.07) is 0. The van der Waals surface area contributed by atoms with Crippen LogP contribution in [0.4, 0.5) is 0 Å². The second-order valence-electron chi connectivity index (χ2n) is 0. The number of hydrogen-bond donors (Lipinski definition) is 0. The third kappa shape index (κ3) is 29.1. The van der Waals surface area contributed by atoms with E-state index in [1.54, 1.807) is 0 Å². The van der Waals surface area contributed by atoms with Crippen LogP contribution >= 0.6 is 0 Å². The molecular formula is AlMgNiO2+3. The molecule has 0 aromatic rings. The summed E-state index contributed by atoms with van der Waals surface area (Å²) in [5, 5.41) is 0. The molecule has 0 radical (unpaired) electrons. The van der Waals surface area contributed by atoms with E-state index in [4.69, 9.17) is 3.90 Å². The molecule has 5 heavy (non-hydrogen) atoms. The van der Waals surface area contributed by atoms with Crippen molar-refractivity contribution in [2.45, 2.75) is 0 Å². The summed E-state index contributed by atoms with van der Waals surface area (Å²) < 4.78 is 7.88. The fourth-order valence-corrected chi connectivity index (χ4v) is 0. The standard InChI is InChI=1S/Al.Mg.Ni.2O/q+3;+2;;;-2. The zero-order valence-corrected chi connectivity index (χ0v) is 5.97. The first-order valence-corrected chi connectivity index (χ1v) is 0.532. The normalized spacial score (nSPS) is 1.20. The maximum absolute atomic E-state index is 7.88. The molecule has 0 N–H and O–H groups in total. The molecule has 0 fully saturated rings. The van der Waals surface area contributed by atoms with Gasteiger partial charge in [0.25, 0.3) is 0 Å². The van der Waals surface area contributed by atoms with Gasteiger partial charge in [-0.1, -0.05) is 0 Å². The van der Waals surface area contributed by atoms with Gasteiger partial charge in [0.05, 0.1) is 0 Å². The Morgan fingerprint density at radius 2 is 1.20 bits per heavy atom. The quantitative estimate of drug-likeness (QED) is 0.400. The van der Waals surface area contributed by atoms with E-state index in [1.165, 1.54) is 0 Å². The molecule has 0 atom stereocenters. The van der Waals surface area contributed by atoms with Crippen LogP contribution in [-0.4, -0.2) is 40.4 Å². The van der Waals surface area contributed by atoms with E-state index in [0.29, 0.717) is 0 Å². The van der Waals surface area contributed by atoms with Crippen LogP contribution in [0.5, 0.6) is 0 Å². The van der Waals surface area contributed by atoms with Crippen LogP contribution in [0.15, 0.2) is 0 Å². The third-order valence-corrected chi connectivity index (χ3v) is 0. The monoisotopic (exact) mass is 141 g/mol. The van der Waals surface area contributed by atoms with Gasteiger partial charge in [0.15, 0.2) is 0 Å². The molecule has 0 bridgehead atoms. The zero-order valence-electron chi connectivity index (χ0n) is 2.42. The molecule has 24 valence electrons. The Hall–Kier alpha value is 1.55. The summed E-state index contributed by atoms with van der Waals surface area (Å²) in [7, 11) is 0. The van der Waals surface area contributed by atoms with Crippen molar-refractivity contribution in [3.05, 3.63) is 0 Å². The van der Waals surface area contributed by atoms with E-state index in [9.17, 15) is 0 Å². The Morgan fingerprint density at radius 1 is 1.20 bits per heavy atom. The Morgan fingerprint density at radius 3 is 1.20 bits per heavy atom. The summed E-state index contributed by atoms with van der Waals surface area (Å²) in [4.78, 5) is 0. The van der Waals surface area contributed by atoms with Crippen molar-refractivity contribution in [3.8, 4) is 0 Å². The molecule has 0 saturated carbocycles. The molecule has 0 unspecified atom stereocenters. The van der Waals surface area contributed by atoms with Crippen molar-refractivity contribution >= 4 is 40.4 Å². The van der Waals surface area contributed by atoms with Crippen molar-refractivity contribution in [3.63, 3.8) is 0 Å². The van der Waals surface area contributed by atoms with Crippen LogP contribution < -0.4 is 0 Å². The summed E-state index contributed by atoms with van der Waals surface area (Å²) in [6.45, 7) is 0. The van der Waals surface area contributed by atoms with E-state index in [0.717, 1.165) is 0 Å². The fraction of sp³-hybridized carbons (Fsp3) is 0. The molecule has 0 aliphatic heterocycles. The van der Waals surface area contributed by atoms with Crippen LogP contribution in [-0.2, 0) is 24.8 Å². The summed E-state index contributed by atoms with van der Waals surface area (Å²) in [5.41, 5.74) is 0. The average molecular weight is 142 g/mol. The Labute approximate surface area is 64.8 Å². The maximum atomic E-state index is 7.88. The van der Waals surface area contributed by atoms with Gasteiger partial charge in [-0.3, -0.25) is 0 Å². The van der Waals surface area contributed by atoms with Crippen molar-refractivity contribution in [2.75, 3.05) is 0 Å². The van der Waals surface area contributed by atoms with Gasteiger partial charge in [-0.25, -0.2) is 0 Å². The van der Waals surface area contributed by atoms with Gasteiger partial charge in [0.2, 0.25) is 0 Å². The molecule has 0 spiro atoms. The molecule has 0 heterocycles. The van der Waals surface area contributed by atoms with E-state index in [-0.39, 0.29) is 45.9 Å². The SMILES string of the molecule is [Al+3].[Mg+2].[O-2].[O]=[Ni]. The van der Waals surface area contributed by atoms with Gasteiger partial charge >= 0.3 is 59.7 Å².